The van der Waals surface area contributed by atoms with Crippen molar-refractivity contribution >= 4 is 15.9 Å². The average Bonchev–Trinajstić information content (AvgIpc) is 2.00. The van der Waals surface area contributed by atoms with Crippen LogP contribution in [0.25, 0.3) is 0 Å². The number of nitrogens with zero attached hydrogens (tertiary/aromatic N) is 1. The first-order chi connectivity index (χ1) is 4.63. The maximum absolute atomic E-state index is 8.41. The highest BCUT2D eigenvalue weighted by Gasteiger charge is 1.97. The van der Waals surface area contributed by atoms with E-state index < -0.39 is 0 Å². The van der Waals surface area contributed by atoms with Crippen molar-refractivity contribution < 1.29 is 0 Å². The number of halogens is 1. The Balaban J connectivity index is 4.67. The Morgan fingerprint density at radius 1 is 1.70 bits per heavy atom. The minimum absolute atomic E-state index is 0.465. The molecule has 0 spiro atoms. The van der Waals surface area contributed by atoms with Gasteiger partial charge in [0.25, 0.3) is 0 Å². The molecular formula is C8H8BrN. The smallest absolute Gasteiger partial charge is 0.0988 e. The zero-order valence-corrected chi connectivity index (χ0v) is 7.40. The van der Waals surface area contributed by atoms with Crippen LogP contribution in [0.3, 0.4) is 0 Å². The first kappa shape index (κ1) is 9.19. The first-order valence-corrected chi connectivity index (χ1v) is 3.51. The Labute approximate surface area is 69.5 Å². The van der Waals surface area contributed by atoms with E-state index in [0.29, 0.717) is 5.57 Å². The van der Waals surface area contributed by atoms with Crippen LogP contribution in [0.4, 0.5) is 0 Å². The first-order valence-electron chi connectivity index (χ1n) is 2.71. The highest BCUT2D eigenvalue weighted by Crippen LogP contribution is 2.17. The lowest BCUT2D eigenvalue weighted by atomic mass is 10.1. The molecule has 0 heterocycles. The predicted molar refractivity (Wildman–Crippen MR) is 46.6 cm³/mol. The molecule has 0 saturated carbocycles. The van der Waals surface area contributed by atoms with E-state index in [-0.39, 0.29) is 0 Å². The number of hydrogen-bond donors (Lipinski definition) is 0. The van der Waals surface area contributed by atoms with E-state index in [1.54, 1.807) is 6.08 Å². The second kappa shape index (κ2) is 4.08. The molecule has 0 unspecified atom stereocenters. The number of hydrogen-bond acceptors (Lipinski definition) is 1. The molecule has 0 fully saturated rings. The zero-order valence-electron chi connectivity index (χ0n) is 5.82. The van der Waals surface area contributed by atoms with Crippen molar-refractivity contribution in [3.8, 4) is 6.07 Å². The lowest BCUT2D eigenvalue weighted by molar-refractivity contribution is 1.41. The Hall–Kier alpha value is -0.810. The van der Waals surface area contributed by atoms with E-state index in [1.165, 1.54) is 0 Å². The van der Waals surface area contributed by atoms with E-state index in [4.69, 9.17) is 5.26 Å². The van der Waals surface area contributed by atoms with Gasteiger partial charge in [-0.05, 0) is 12.5 Å². The molecule has 0 radical (unpaired) electrons. The highest BCUT2D eigenvalue weighted by atomic mass is 79.9. The Morgan fingerprint density at radius 3 is 2.50 bits per heavy atom. The van der Waals surface area contributed by atoms with Crippen LogP contribution in [-0.2, 0) is 0 Å². The molecule has 0 bridgehead atoms. The van der Waals surface area contributed by atoms with Gasteiger partial charge in [-0.25, -0.2) is 0 Å². The Morgan fingerprint density at radius 2 is 2.20 bits per heavy atom. The second-order valence-corrected chi connectivity index (χ2v) is 2.62. The van der Waals surface area contributed by atoms with Crippen LogP contribution in [0.15, 0.2) is 34.9 Å². The van der Waals surface area contributed by atoms with Gasteiger partial charge in [-0.1, -0.05) is 35.2 Å². The molecule has 0 aliphatic rings. The molecule has 0 atom stereocenters. The van der Waals surface area contributed by atoms with Gasteiger partial charge in [0.1, 0.15) is 0 Å². The van der Waals surface area contributed by atoms with Crippen molar-refractivity contribution in [2.24, 2.45) is 0 Å². The molecule has 0 N–H and O–H groups in total. The fourth-order valence-corrected chi connectivity index (χ4v) is 0.620. The molecule has 10 heavy (non-hydrogen) atoms. The standard InChI is InChI=1S/C8H8BrN/c1-4-8(9)7(3)6(2)5-10/h4H,1-2H2,3H3/b8-7+. The summed E-state index contributed by atoms with van der Waals surface area (Å²) in [7, 11) is 0. The van der Waals surface area contributed by atoms with Crippen LogP contribution in [0.5, 0.6) is 0 Å². The van der Waals surface area contributed by atoms with Crippen LogP contribution in [0.1, 0.15) is 6.92 Å². The van der Waals surface area contributed by atoms with E-state index in [0.717, 1.165) is 10.1 Å². The van der Waals surface area contributed by atoms with Gasteiger partial charge >= 0.3 is 0 Å². The van der Waals surface area contributed by atoms with Gasteiger partial charge in [-0.15, -0.1) is 0 Å². The molecule has 0 saturated heterocycles. The molecule has 0 aromatic carbocycles. The van der Waals surface area contributed by atoms with E-state index in [1.807, 2.05) is 13.0 Å². The molecule has 0 aromatic heterocycles. The highest BCUT2D eigenvalue weighted by molar-refractivity contribution is 9.11. The summed E-state index contributed by atoms with van der Waals surface area (Å²) >= 11 is 3.23. The topological polar surface area (TPSA) is 23.8 Å². The van der Waals surface area contributed by atoms with Gasteiger partial charge in [0.15, 0.2) is 0 Å². The van der Waals surface area contributed by atoms with Crippen LogP contribution < -0.4 is 0 Å². The average molecular weight is 198 g/mol. The van der Waals surface area contributed by atoms with Crippen LogP contribution in [-0.4, -0.2) is 0 Å². The van der Waals surface area contributed by atoms with Crippen LogP contribution in [0, 0.1) is 11.3 Å². The third kappa shape index (κ3) is 2.20. The van der Waals surface area contributed by atoms with Gasteiger partial charge < -0.3 is 0 Å². The fraction of sp³-hybridized carbons (Fsp3) is 0.125. The monoisotopic (exact) mass is 197 g/mol. The van der Waals surface area contributed by atoms with Crippen molar-refractivity contribution in [1.29, 1.82) is 5.26 Å². The van der Waals surface area contributed by atoms with Crippen molar-refractivity contribution in [3.63, 3.8) is 0 Å². The SMILES string of the molecule is C=C/C(Br)=C(/C)C(=C)C#N. The van der Waals surface area contributed by atoms with E-state index >= 15 is 0 Å². The minimum Gasteiger partial charge on any atom is -0.192 e. The maximum Gasteiger partial charge on any atom is 0.0988 e. The fourth-order valence-electron chi connectivity index (χ4n) is 0.381. The van der Waals surface area contributed by atoms with Gasteiger partial charge in [-0.3, -0.25) is 0 Å². The van der Waals surface area contributed by atoms with Crippen molar-refractivity contribution in [2.45, 2.75) is 6.92 Å². The van der Waals surface area contributed by atoms with E-state index in [9.17, 15) is 0 Å². The van der Waals surface area contributed by atoms with Gasteiger partial charge in [0, 0.05) is 10.1 Å². The maximum atomic E-state index is 8.41. The summed E-state index contributed by atoms with van der Waals surface area (Å²) < 4.78 is 0.819. The van der Waals surface area contributed by atoms with Gasteiger partial charge in [0.05, 0.1) is 6.07 Å². The van der Waals surface area contributed by atoms with Crippen LogP contribution >= 0.6 is 15.9 Å². The normalized spacial score (nSPS) is 11.3. The summed E-state index contributed by atoms with van der Waals surface area (Å²) in [5.74, 6) is 0. The molecule has 0 aromatic rings. The predicted octanol–water partition coefficient (Wildman–Crippen LogP) is 2.92. The molecule has 0 aliphatic heterocycles. The number of nitriles is 1. The lowest BCUT2D eigenvalue weighted by Gasteiger charge is -1.96. The molecule has 2 heteroatoms. The van der Waals surface area contributed by atoms with Crippen molar-refractivity contribution in [2.75, 3.05) is 0 Å². The lowest BCUT2D eigenvalue weighted by Crippen LogP contribution is -1.80. The molecule has 0 amide bonds. The molecular weight excluding hydrogens is 190 g/mol. The summed E-state index contributed by atoms with van der Waals surface area (Å²) in [6.07, 6.45) is 1.64. The third-order valence-corrected chi connectivity index (χ3v) is 2.04. The van der Waals surface area contributed by atoms with Gasteiger partial charge in [0.2, 0.25) is 0 Å². The number of rotatable bonds is 2. The molecule has 0 aliphatic carbocycles. The van der Waals surface area contributed by atoms with Crippen molar-refractivity contribution in [3.05, 3.63) is 34.9 Å². The van der Waals surface area contributed by atoms with Crippen LogP contribution in [0.2, 0.25) is 0 Å². The quantitative estimate of drug-likeness (QED) is 0.494. The summed E-state index contributed by atoms with van der Waals surface area (Å²) in [6.45, 7) is 8.91. The Kier molecular flexibility index (Phi) is 3.75. The van der Waals surface area contributed by atoms with Crippen molar-refractivity contribution in [1.82, 2.24) is 0 Å². The molecule has 1 nitrogen and oxygen atoms in total. The van der Waals surface area contributed by atoms with Gasteiger partial charge in [-0.2, -0.15) is 5.26 Å². The summed E-state index contributed by atoms with van der Waals surface area (Å²) in [4.78, 5) is 0. The summed E-state index contributed by atoms with van der Waals surface area (Å²) in [5.41, 5.74) is 1.30. The second-order valence-electron chi connectivity index (χ2n) is 1.77. The zero-order chi connectivity index (χ0) is 8.15. The largest absolute Gasteiger partial charge is 0.192 e. The van der Waals surface area contributed by atoms with E-state index in [2.05, 4.69) is 29.1 Å². The Bertz CT molecular complexity index is 230. The summed E-state index contributed by atoms with van der Waals surface area (Å²) in [5, 5.41) is 8.41. The summed E-state index contributed by atoms with van der Waals surface area (Å²) in [6, 6.07) is 1.95. The minimum atomic E-state index is 0.465. The third-order valence-electron chi connectivity index (χ3n) is 1.13. The molecule has 52 valence electrons. The number of allylic oxidation sites excluding steroid dienone is 4. The molecule has 0 rings (SSSR count).